The molecule has 0 radical (unpaired) electrons. The van der Waals surface area contributed by atoms with Crippen molar-refractivity contribution in [2.24, 2.45) is 5.92 Å². The first-order chi connectivity index (χ1) is 16.6. The standard InChI is InChI=1S/C28H31FN2O3/c1-33-24-11-7-8-22(20-24)27(25-12-5-6-13-26(25)29)30-28(32)21-14-16-31(17-15-21)18-19-34-23-9-3-2-4-10-23/h2-13,20-21,27H,14-19H2,1H3,(H,30,32)/t27-/m0/s1. The predicted molar refractivity (Wildman–Crippen MR) is 130 cm³/mol. The number of rotatable bonds is 9. The summed E-state index contributed by atoms with van der Waals surface area (Å²) in [6.45, 7) is 3.11. The van der Waals surface area contributed by atoms with Gasteiger partial charge in [0.25, 0.3) is 0 Å². The Morgan fingerprint density at radius 3 is 2.44 bits per heavy atom. The predicted octanol–water partition coefficient (Wildman–Crippen LogP) is 4.83. The number of carbonyl (C=O) groups is 1. The highest BCUT2D eigenvalue weighted by atomic mass is 19.1. The number of nitrogens with one attached hydrogen (secondary N) is 1. The van der Waals surface area contributed by atoms with Gasteiger partial charge in [-0.15, -0.1) is 0 Å². The first kappa shape index (κ1) is 23.8. The van der Waals surface area contributed by atoms with E-state index < -0.39 is 6.04 Å². The molecule has 1 atom stereocenters. The third-order valence-corrected chi connectivity index (χ3v) is 6.31. The minimum atomic E-state index is -0.582. The Hall–Kier alpha value is -3.38. The number of hydrogen-bond acceptors (Lipinski definition) is 4. The van der Waals surface area contributed by atoms with Crippen LogP contribution in [0.4, 0.5) is 4.39 Å². The molecular formula is C28H31FN2O3. The quantitative estimate of drug-likeness (QED) is 0.495. The lowest BCUT2D eigenvalue weighted by molar-refractivity contribution is -0.127. The van der Waals surface area contributed by atoms with E-state index in [-0.39, 0.29) is 17.6 Å². The van der Waals surface area contributed by atoms with Crippen LogP contribution in [-0.2, 0) is 4.79 Å². The second-order valence-corrected chi connectivity index (χ2v) is 8.52. The molecule has 0 unspecified atom stereocenters. The minimum absolute atomic E-state index is 0.0451. The van der Waals surface area contributed by atoms with E-state index in [1.54, 1.807) is 25.3 Å². The average Bonchev–Trinajstić information content (AvgIpc) is 2.89. The summed E-state index contributed by atoms with van der Waals surface area (Å²) in [4.78, 5) is 15.5. The summed E-state index contributed by atoms with van der Waals surface area (Å²) >= 11 is 0. The molecule has 34 heavy (non-hydrogen) atoms. The van der Waals surface area contributed by atoms with Crippen LogP contribution in [0, 0.1) is 11.7 Å². The van der Waals surface area contributed by atoms with E-state index in [0.717, 1.165) is 43.8 Å². The van der Waals surface area contributed by atoms with Crippen LogP contribution in [0.15, 0.2) is 78.9 Å². The van der Waals surface area contributed by atoms with E-state index in [9.17, 15) is 9.18 Å². The van der Waals surface area contributed by atoms with Gasteiger partial charge in [0, 0.05) is 18.0 Å². The molecule has 178 valence electrons. The molecule has 3 aromatic rings. The second kappa shape index (κ2) is 11.7. The molecular weight excluding hydrogens is 431 g/mol. The maximum Gasteiger partial charge on any atom is 0.223 e. The molecule has 1 fully saturated rings. The van der Waals surface area contributed by atoms with Gasteiger partial charge >= 0.3 is 0 Å². The number of likely N-dealkylation sites (tertiary alicyclic amines) is 1. The van der Waals surface area contributed by atoms with Crippen molar-refractivity contribution in [1.82, 2.24) is 10.2 Å². The van der Waals surface area contributed by atoms with Gasteiger partial charge in [-0.2, -0.15) is 0 Å². The van der Waals surface area contributed by atoms with Crippen molar-refractivity contribution >= 4 is 5.91 Å². The number of benzene rings is 3. The number of hydrogen-bond donors (Lipinski definition) is 1. The number of para-hydroxylation sites is 1. The highest BCUT2D eigenvalue weighted by Crippen LogP contribution is 2.28. The molecule has 0 aliphatic carbocycles. The summed E-state index contributed by atoms with van der Waals surface area (Å²) in [5.41, 5.74) is 1.23. The highest BCUT2D eigenvalue weighted by molar-refractivity contribution is 5.79. The molecule has 5 nitrogen and oxygen atoms in total. The van der Waals surface area contributed by atoms with Gasteiger partial charge < -0.3 is 14.8 Å². The van der Waals surface area contributed by atoms with Gasteiger partial charge in [-0.25, -0.2) is 4.39 Å². The Morgan fingerprint density at radius 1 is 1.00 bits per heavy atom. The SMILES string of the molecule is COc1cccc([C@H](NC(=O)C2CCN(CCOc3ccccc3)CC2)c2ccccc2F)c1. The van der Waals surface area contributed by atoms with E-state index in [2.05, 4.69) is 10.2 Å². The molecule has 6 heteroatoms. The van der Waals surface area contributed by atoms with Crippen LogP contribution < -0.4 is 14.8 Å². The van der Waals surface area contributed by atoms with E-state index in [1.165, 1.54) is 6.07 Å². The fraction of sp³-hybridized carbons (Fsp3) is 0.321. The molecule has 1 amide bonds. The zero-order valence-corrected chi connectivity index (χ0v) is 19.5. The lowest BCUT2D eigenvalue weighted by Crippen LogP contribution is -2.43. The largest absolute Gasteiger partial charge is 0.497 e. The van der Waals surface area contributed by atoms with Crippen molar-refractivity contribution in [3.63, 3.8) is 0 Å². The van der Waals surface area contributed by atoms with Crippen molar-refractivity contribution in [2.45, 2.75) is 18.9 Å². The maximum atomic E-state index is 14.7. The molecule has 3 aromatic carbocycles. The van der Waals surface area contributed by atoms with Gasteiger partial charge in [0.15, 0.2) is 0 Å². The first-order valence-electron chi connectivity index (χ1n) is 11.7. The summed E-state index contributed by atoms with van der Waals surface area (Å²) in [6, 6.07) is 23.2. The van der Waals surface area contributed by atoms with Gasteiger partial charge in [0.05, 0.1) is 13.2 Å². The highest BCUT2D eigenvalue weighted by Gasteiger charge is 2.28. The maximum absolute atomic E-state index is 14.7. The Kier molecular flexibility index (Phi) is 8.15. The molecule has 1 N–H and O–H groups in total. The van der Waals surface area contributed by atoms with Crippen LogP contribution in [-0.4, -0.2) is 44.2 Å². The third kappa shape index (κ3) is 6.14. The molecule has 0 saturated carbocycles. The van der Waals surface area contributed by atoms with Crippen LogP contribution in [0.2, 0.25) is 0 Å². The zero-order valence-electron chi connectivity index (χ0n) is 19.5. The third-order valence-electron chi connectivity index (χ3n) is 6.31. The zero-order chi connectivity index (χ0) is 23.8. The Bertz CT molecular complexity index is 1070. The van der Waals surface area contributed by atoms with Crippen LogP contribution in [0.1, 0.15) is 30.0 Å². The molecule has 0 aromatic heterocycles. The molecule has 0 spiro atoms. The summed E-state index contributed by atoms with van der Waals surface area (Å²) < 4.78 is 25.8. The molecule has 0 bridgehead atoms. The number of amides is 1. The summed E-state index contributed by atoms with van der Waals surface area (Å²) in [7, 11) is 1.59. The van der Waals surface area contributed by atoms with Gasteiger partial charge in [-0.1, -0.05) is 48.5 Å². The van der Waals surface area contributed by atoms with Crippen LogP contribution in [0.25, 0.3) is 0 Å². The molecule has 4 rings (SSSR count). The van der Waals surface area contributed by atoms with Crippen molar-refractivity contribution in [3.8, 4) is 11.5 Å². The van der Waals surface area contributed by atoms with Crippen LogP contribution >= 0.6 is 0 Å². The number of ether oxygens (including phenoxy) is 2. The Balaban J connectivity index is 1.36. The van der Waals surface area contributed by atoms with E-state index >= 15 is 0 Å². The summed E-state index contributed by atoms with van der Waals surface area (Å²) in [6.07, 6.45) is 1.53. The van der Waals surface area contributed by atoms with E-state index in [1.807, 2.05) is 54.6 Å². The lowest BCUT2D eigenvalue weighted by atomic mass is 9.93. The van der Waals surface area contributed by atoms with Gasteiger partial charge in [-0.3, -0.25) is 9.69 Å². The molecule has 1 saturated heterocycles. The number of nitrogens with zero attached hydrogens (tertiary/aromatic N) is 1. The lowest BCUT2D eigenvalue weighted by Gasteiger charge is -2.32. The van der Waals surface area contributed by atoms with E-state index in [4.69, 9.17) is 9.47 Å². The normalized spacial score (nSPS) is 15.5. The van der Waals surface area contributed by atoms with Crippen molar-refractivity contribution in [2.75, 3.05) is 33.4 Å². The molecule has 1 aliphatic rings. The average molecular weight is 463 g/mol. The number of halogens is 1. The molecule has 1 heterocycles. The minimum Gasteiger partial charge on any atom is -0.497 e. The Morgan fingerprint density at radius 2 is 1.71 bits per heavy atom. The second-order valence-electron chi connectivity index (χ2n) is 8.52. The topological polar surface area (TPSA) is 50.8 Å². The van der Waals surface area contributed by atoms with Crippen LogP contribution in [0.3, 0.4) is 0 Å². The monoisotopic (exact) mass is 462 g/mol. The Labute approximate surface area is 200 Å². The fourth-order valence-electron chi connectivity index (χ4n) is 4.36. The van der Waals surface area contributed by atoms with Crippen LogP contribution in [0.5, 0.6) is 11.5 Å². The summed E-state index contributed by atoms with van der Waals surface area (Å²) in [5.74, 6) is 1.04. The van der Waals surface area contributed by atoms with Gasteiger partial charge in [0.1, 0.15) is 23.9 Å². The van der Waals surface area contributed by atoms with E-state index in [0.29, 0.717) is 17.9 Å². The summed E-state index contributed by atoms with van der Waals surface area (Å²) in [5, 5.41) is 3.11. The van der Waals surface area contributed by atoms with Gasteiger partial charge in [0.2, 0.25) is 5.91 Å². The first-order valence-corrected chi connectivity index (χ1v) is 11.7. The van der Waals surface area contributed by atoms with Crippen molar-refractivity contribution in [3.05, 3.63) is 95.8 Å². The van der Waals surface area contributed by atoms with Gasteiger partial charge in [-0.05, 0) is 61.8 Å². The van der Waals surface area contributed by atoms with Crippen molar-refractivity contribution in [1.29, 1.82) is 0 Å². The number of methoxy groups -OCH3 is 1. The molecule has 1 aliphatic heterocycles. The van der Waals surface area contributed by atoms with Crippen molar-refractivity contribution < 1.29 is 18.7 Å². The smallest absolute Gasteiger partial charge is 0.223 e. The number of piperidine rings is 1. The fourth-order valence-corrected chi connectivity index (χ4v) is 4.36. The number of carbonyl (C=O) groups excluding carboxylic acids is 1.